The second-order valence-corrected chi connectivity index (χ2v) is 4.88. The van der Waals surface area contributed by atoms with Crippen LogP contribution in [-0.4, -0.2) is 0 Å². The first-order valence-electron chi connectivity index (χ1n) is 5.51. The highest BCUT2D eigenvalue weighted by Gasteiger charge is 2.07. The van der Waals surface area contributed by atoms with Crippen molar-refractivity contribution in [3.05, 3.63) is 63.6 Å². The van der Waals surface area contributed by atoms with Crippen molar-refractivity contribution >= 4 is 21.6 Å². The Morgan fingerprint density at radius 3 is 2.56 bits per heavy atom. The van der Waals surface area contributed by atoms with Gasteiger partial charge in [0, 0.05) is 17.1 Å². The molecule has 0 atom stereocenters. The third-order valence-corrected chi connectivity index (χ3v) is 3.45. The van der Waals surface area contributed by atoms with Gasteiger partial charge in [-0.15, -0.1) is 0 Å². The number of aryl methyl sites for hydroxylation is 1. The topological polar surface area (TPSA) is 12.0 Å². The number of halogens is 3. The molecule has 1 N–H and O–H groups in total. The number of benzene rings is 2. The van der Waals surface area contributed by atoms with Crippen LogP contribution in [0.25, 0.3) is 0 Å². The largest absolute Gasteiger partial charge is 0.378 e. The fraction of sp³-hybridized carbons (Fsp3) is 0.143. The summed E-state index contributed by atoms with van der Waals surface area (Å²) in [4.78, 5) is 0. The van der Waals surface area contributed by atoms with Crippen LogP contribution in [0.1, 0.15) is 11.1 Å². The van der Waals surface area contributed by atoms with Crippen LogP contribution >= 0.6 is 15.9 Å². The Balaban J connectivity index is 2.16. The summed E-state index contributed by atoms with van der Waals surface area (Å²) in [6, 6.07) is 10.00. The van der Waals surface area contributed by atoms with Crippen LogP contribution in [0.2, 0.25) is 0 Å². The molecule has 0 fully saturated rings. The van der Waals surface area contributed by atoms with Gasteiger partial charge in [0.1, 0.15) is 11.6 Å². The van der Waals surface area contributed by atoms with E-state index in [1.54, 1.807) is 0 Å². The molecule has 0 amide bonds. The van der Waals surface area contributed by atoms with Gasteiger partial charge >= 0.3 is 0 Å². The van der Waals surface area contributed by atoms with Gasteiger partial charge in [-0.05, 0) is 30.2 Å². The monoisotopic (exact) mass is 311 g/mol. The highest BCUT2D eigenvalue weighted by Crippen LogP contribution is 2.21. The van der Waals surface area contributed by atoms with E-state index in [1.165, 1.54) is 19.1 Å². The lowest BCUT2D eigenvalue weighted by Crippen LogP contribution is -2.03. The predicted molar refractivity (Wildman–Crippen MR) is 72.6 cm³/mol. The van der Waals surface area contributed by atoms with Gasteiger partial charge in [-0.1, -0.05) is 34.1 Å². The maximum absolute atomic E-state index is 13.6. The van der Waals surface area contributed by atoms with Crippen molar-refractivity contribution in [1.29, 1.82) is 0 Å². The lowest BCUT2D eigenvalue weighted by atomic mass is 10.2. The molecule has 0 radical (unpaired) electrons. The summed E-state index contributed by atoms with van der Waals surface area (Å²) in [6.07, 6.45) is 0. The Hall–Kier alpha value is -1.42. The Labute approximate surface area is 113 Å². The van der Waals surface area contributed by atoms with E-state index in [-0.39, 0.29) is 5.69 Å². The van der Waals surface area contributed by atoms with Crippen molar-refractivity contribution in [2.45, 2.75) is 13.5 Å². The summed E-state index contributed by atoms with van der Waals surface area (Å²) >= 11 is 3.41. The Kier molecular flexibility index (Phi) is 3.97. The first-order chi connectivity index (χ1) is 8.58. The highest BCUT2D eigenvalue weighted by atomic mass is 79.9. The van der Waals surface area contributed by atoms with E-state index in [4.69, 9.17) is 0 Å². The third-order valence-electron chi connectivity index (χ3n) is 2.68. The van der Waals surface area contributed by atoms with Crippen LogP contribution in [0.3, 0.4) is 0 Å². The Morgan fingerprint density at radius 1 is 1.11 bits per heavy atom. The molecule has 18 heavy (non-hydrogen) atoms. The maximum atomic E-state index is 13.6. The average Bonchev–Trinajstić information content (AvgIpc) is 2.34. The average molecular weight is 312 g/mol. The summed E-state index contributed by atoms with van der Waals surface area (Å²) in [7, 11) is 0. The smallest absolute Gasteiger partial charge is 0.146 e. The van der Waals surface area contributed by atoms with E-state index in [0.717, 1.165) is 10.0 Å². The van der Waals surface area contributed by atoms with Gasteiger partial charge in [-0.25, -0.2) is 8.78 Å². The molecule has 0 heterocycles. The molecular weight excluding hydrogens is 300 g/mol. The minimum Gasteiger partial charge on any atom is -0.378 e. The molecular formula is C14H12BrF2N. The van der Waals surface area contributed by atoms with Crippen molar-refractivity contribution in [3.8, 4) is 0 Å². The zero-order valence-electron chi connectivity index (χ0n) is 9.81. The van der Waals surface area contributed by atoms with E-state index in [9.17, 15) is 8.78 Å². The molecule has 4 heteroatoms. The van der Waals surface area contributed by atoms with E-state index in [1.807, 2.05) is 24.3 Å². The molecule has 0 aliphatic rings. The zero-order chi connectivity index (χ0) is 13.1. The van der Waals surface area contributed by atoms with Crippen molar-refractivity contribution in [2.24, 2.45) is 0 Å². The van der Waals surface area contributed by atoms with Crippen molar-refractivity contribution in [3.63, 3.8) is 0 Å². The van der Waals surface area contributed by atoms with Crippen LogP contribution in [0, 0.1) is 18.6 Å². The summed E-state index contributed by atoms with van der Waals surface area (Å²) in [5.41, 5.74) is 1.46. The quantitative estimate of drug-likeness (QED) is 0.870. The first kappa shape index (κ1) is 13.0. The Morgan fingerprint density at radius 2 is 1.83 bits per heavy atom. The molecule has 0 spiro atoms. The molecule has 1 nitrogen and oxygen atoms in total. The Bertz CT molecular complexity index is 570. The number of hydrogen-bond acceptors (Lipinski definition) is 1. The minimum absolute atomic E-state index is 0.175. The molecule has 94 valence electrons. The van der Waals surface area contributed by atoms with Gasteiger partial charge in [-0.3, -0.25) is 0 Å². The van der Waals surface area contributed by atoms with Crippen molar-refractivity contribution < 1.29 is 8.78 Å². The minimum atomic E-state index is -0.444. The molecule has 0 aliphatic carbocycles. The van der Waals surface area contributed by atoms with Crippen LogP contribution < -0.4 is 5.32 Å². The molecule has 0 aliphatic heterocycles. The number of nitrogens with one attached hydrogen (secondary N) is 1. The molecule has 2 aromatic rings. The SMILES string of the molecule is Cc1cc(F)c(NCc2ccccc2Br)cc1F. The molecule has 2 rings (SSSR count). The third kappa shape index (κ3) is 2.88. The van der Waals surface area contributed by atoms with Crippen molar-refractivity contribution in [1.82, 2.24) is 0 Å². The van der Waals surface area contributed by atoms with E-state index in [0.29, 0.717) is 12.1 Å². The lowest BCUT2D eigenvalue weighted by Gasteiger charge is -2.10. The van der Waals surface area contributed by atoms with Crippen LogP contribution in [0.4, 0.5) is 14.5 Å². The van der Waals surface area contributed by atoms with Crippen LogP contribution in [0.5, 0.6) is 0 Å². The normalized spacial score (nSPS) is 10.4. The van der Waals surface area contributed by atoms with Gasteiger partial charge in [0.15, 0.2) is 0 Å². The van der Waals surface area contributed by atoms with Gasteiger partial charge in [0.25, 0.3) is 0 Å². The summed E-state index contributed by atoms with van der Waals surface area (Å²) in [5.74, 6) is -0.855. The molecule has 0 unspecified atom stereocenters. The van der Waals surface area contributed by atoms with E-state index >= 15 is 0 Å². The van der Waals surface area contributed by atoms with Gasteiger partial charge < -0.3 is 5.32 Å². The summed E-state index contributed by atoms with van der Waals surface area (Å²) in [5, 5.41) is 2.89. The van der Waals surface area contributed by atoms with Crippen molar-refractivity contribution in [2.75, 3.05) is 5.32 Å². The zero-order valence-corrected chi connectivity index (χ0v) is 11.4. The van der Waals surface area contributed by atoms with Gasteiger partial charge in [0.2, 0.25) is 0 Å². The second-order valence-electron chi connectivity index (χ2n) is 4.03. The summed E-state index contributed by atoms with van der Waals surface area (Å²) < 4.78 is 27.9. The number of hydrogen-bond donors (Lipinski definition) is 1. The van der Waals surface area contributed by atoms with E-state index in [2.05, 4.69) is 21.2 Å². The van der Waals surface area contributed by atoms with E-state index < -0.39 is 11.6 Å². The highest BCUT2D eigenvalue weighted by molar-refractivity contribution is 9.10. The van der Waals surface area contributed by atoms with Crippen LogP contribution in [0.15, 0.2) is 40.9 Å². The number of rotatable bonds is 3. The fourth-order valence-electron chi connectivity index (χ4n) is 1.61. The predicted octanol–water partition coefficient (Wildman–Crippen LogP) is 4.65. The van der Waals surface area contributed by atoms with Crippen LogP contribution in [-0.2, 0) is 6.54 Å². The second kappa shape index (κ2) is 5.48. The maximum Gasteiger partial charge on any atom is 0.146 e. The summed E-state index contributed by atoms with van der Waals surface area (Å²) in [6.45, 7) is 1.97. The standard InChI is InChI=1S/C14H12BrF2N/c1-9-6-13(17)14(7-12(9)16)18-8-10-4-2-3-5-11(10)15/h2-7,18H,8H2,1H3. The molecule has 0 saturated heterocycles. The fourth-order valence-corrected chi connectivity index (χ4v) is 2.04. The number of anilines is 1. The lowest BCUT2D eigenvalue weighted by molar-refractivity contribution is 0.594. The molecule has 0 aromatic heterocycles. The first-order valence-corrected chi connectivity index (χ1v) is 6.30. The van der Waals surface area contributed by atoms with Gasteiger partial charge in [0.05, 0.1) is 5.69 Å². The molecule has 2 aromatic carbocycles. The molecule has 0 saturated carbocycles. The molecule has 0 bridgehead atoms. The van der Waals surface area contributed by atoms with Gasteiger partial charge in [-0.2, -0.15) is 0 Å².